The second-order valence-electron chi connectivity index (χ2n) is 8.29. The number of benzene rings is 1. The van der Waals surface area contributed by atoms with E-state index in [-0.39, 0.29) is 16.6 Å². The smallest absolute Gasteiger partial charge is 0.235 e. The highest BCUT2D eigenvalue weighted by Gasteiger charge is 2.23. The predicted octanol–water partition coefficient (Wildman–Crippen LogP) is 4.45. The molecule has 0 unspecified atom stereocenters. The van der Waals surface area contributed by atoms with Crippen LogP contribution in [0.1, 0.15) is 39.0 Å². The van der Waals surface area contributed by atoms with Gasteiger partial charge in [-0.2, -0.15) is 0 Å². The molecule has 6 nitrogen and oxygen atoms in total. The van der Waals surface area contributed by atoms with Crippen LogP contribution in [0, 0.1) is 0 Å². The summed E-state index contributed by atoms with van der Waals surface area (Å²) in [5.74, 6) is 1.61. The van der Waals surface area contributed by atoms with E-state index in [1.54, 1.807) is 25.3 Å². The molecular formula is C22H28N4O2S. The van der Waals surface area contributed by atoms with Gasteiger partial charge < -0.3 is 9.32 Å². The molecule has 7 heteroatoms. The van der Waals surface area contributed by atoms with Gasteiger partial charge in [-0.3, -0.25) is 9.36 Å². The normalized spacial score (nSPS) is 12.8. The molecule has 3 aromatic rings. The molecule has 0 spiro atoms. The molecule has 0 aliphatic heterocycles. The summed E-state index contributed by atoms with van der Waals surface area (Å²) >= 11 is 1.41. The van der Waals surface area contributed by atoms with E-state index in [4.69, 9.17) is 4.42 Å². The van der Waals surface area contributed by atoms with Crippen molar-refractivity contribution in [2.24, 2.45) is 0 Å². The van der Waals surface area contributed by atoms with E-state index in [9.17, 15) is 4.79 Å². The molecule has 1 amide bonds. The monoisotopic (exact) mass is 412 g/mol. The lowest BCUT2D eigenvalue weighted by Crippen LogP contribution is -2.29. The van der Waals surface area contributed by atoms with Gasteiger partial charge in [-0.25, -0.2) is 0 Å². The van der Waals surface area contributed by atoms with E-state index in [0.717, 1.165) is 17.1 Å². The van der Waals surface area contributed by atoms with Gasteiger partial charge in [0.15, 0.2) is 11.0 Å². The van der Waals surface area contributed by atoms with E-state index in [2.05, 4.69) is 55.2 Å². The van der Waals surface area contributed by atoms with Crippen LogP contribution in [0.5, 0.6) is 0 Å². The number of thioether (sulfide) groups is 1. The van der Waals surface area contributed by atoms with Crippen LogP contribution < -0.4 is 0 Å². The highest BCUT2D eigenvalue weighted by atomic mass is 32.2. The van der Waals surface area contributed by atoms with Gasteiger partial charge in [0.25, 0.3) is 0 Å². The van der Waals surface area contributed by atoms with Gasteiger partial charge in [0.05, 0.1) is 18.1 Å². The maximum atomic E-state index is 12.3. The number of amides is 1. The Morgan fingerprint density at radius 2 is 1.86 bits per heavy atom. The standard InChI is InChI=1S/C22H28N4O2S/c1-15(20(27)25(5)6)29-21-24-23-19(26(21)14-18-8-7-13-28-18)16-9-11-17(12-10-16)22(2,3)4/h7-13,15H,14H2,1-6H3/t15-/m0/s1. The van der Waals surface area contributed by atoms with Crippen molar-refractivity contribution < 1.29 is 9.21 Å². The molecule has 2 heterocycles. The van der Waals surface area contributed by atoms with Crippen LogP contribution in [0.2, 0.25) is 0 Å². The van der Waals surface area contributed by atoms with E-state index >= 15 is 0 Å². The number of hydrogen-bond donors (Lipinski definition) is 0. The Labute approximate surface area is 176 Å². The van der Waals surface area contributed by atoms with Crippen molar-refractivity contribution in [1.82, 2.24) is 19.7 Å². The van der Waals surface area contributed by atoms with Gasteiger partial charge in [0, 0.05) is 19.7 Å². The van der Waals surface area contributed by atoms with Crippen molar-refractivity contribution in [2.45, 2.75) is 50.1 Å². The highest BCUT2D eigenvalue weighted by molar-refractivity contribution is 8.00. The summed E-state index contributed by atoms with van der Waals surface area (Å²) in [4.78, 5) is 13.9. The largest absolute Gasteiger partial charge is 0.467 e. The second-order valence-corrected chi connectivity index (χ2v) is 9.60. The van der Waals surface area contributed by atoms with Gasteiger partial charge in [0.1, 0.15) is 5.76 Å². The van der Waals surface area contributed by atoms with Gasteiger partial charge in [-0.15, -0.1) is 10.2 Å². The van der Waals surface area contributed by atoms with Crippen molar-refractivity contribution in [1.29, 1.82) is 0 Å². The fourth-order valence-corrected chi connectivity index (χ4v) is 3.98. The van der Waals surface area contributed by atoms with Crippen molar-refractivity contribution >= 4 is 17.7 Å². The first kappa shape index (κ1) is 21.2. The number of rotatable bonds is 6. The first-order chi connectivity index (χ1) is 13.7. The van der Waals surface area contributed by atoms with Crippen molar-refractivity contribution in [2.75, 3.05) is 14.1 Å². The van der Waals surface area contributed by atoms with Crippen LogP contribution in [-0.2, 0) is 16.8 Å². The van der Waals surface area contributed by atoms with Crippen LogP contribution in [0.3, 0.4) is 0 Å². The fraction of sp³-hybridized carbons (Fsp3) is 0.409. The number of hydrogen-bond acceptors (Lipinski definition) is 5. The Morgan fingerprint density at radius 3 is 2.41 bits per heavy atom. The van der Waals surface area contributed by atoms with Gasteiger partial charge in [0.2, 0.25) is 5.91 Å². The Hall–Kier alpha value is -2.54. The van der Waals surface area contributed by atoms with Crippen LogP contribution >= 0.6 is 11.8 Å². The predicted molar refractivity (Wildman–Crippen MR) is 116 cm³/mol. The minimum Gasteiger partial charge on any atom is -0.467 e. The summed E-state index contributed by atoms with van der Waals surface area (Å²) < 4.78 is 7.56. The van der Waals surface area contributed by atoms with Crippen molar-refractivity contribution in [3.8, 4) is 11.4 Å². The summed E-state index contributed by atoms with van der Waals surface area (Å²) in [6.07, 6.45) is 1.66. The number of carbonyl (C=O) groups excluding carboxylic acids is 1. The van der Waals surface area contributed by atoms with Crippen LogP contribution in [0.25, 0.3) is 11.4 Å². The lowest BCUT2D eigenvalue weighted by atomic mass is 9.87. The number of carbonyl (C=O) groups is 1. The lowest BCUT2D eigenvalue weighted by Gasteiger charge is -2.19. The lowest BCUT2D eigenvalue weighted by molar-refractivity contribution is -0.127. The zero-order valence-corrected chi connectivity index (χ0v) is 18.7. The molecule has 0 fully saturated rings. The summed E-state index contributed by atoms with van der Waals surface area (Å²) in [5.41, 5.74) is 2.33. The number of aromatic nitrogens is 3. The van der Waals surface area contributed by atoms with Crippen LogP contribution in [0.4, 0.5) is 0 Å². The maximum absolute atomic E-state index is 12.3. The Morgan fingerprint density at radius 1 is 1.17 bits per heavy atom. The Balaban J connectivity index is 1.96. The summed E-state index contributed by atoms with van der Waals surface area (Å²) in [5, 5.41) is 9.26. The molecular weight excluding hydrogens is 384 g/mol. The molecule has 0 radical (unpaired) electrons. The van der Waals surface area contributed by atoms with Crippen LogP contribution in [-0.4, -0.2) is 44.9 Å². The van der Waals surface area contributed by atoms with Gasteiger partial charge in [-0.05, 0) is 30.0 Å². The van der Waals surface area contributed by atoms with Crippen molar-refractivity contribution in [3.63, 3.8) is 0 Å². The molecule has 0 aliphatic rings. The third kappa shape index (κ3) is 4.90. The van der Waals surface area contributed by atoms with E-state index in [1.165, 1.54) is 17.3 Å². The van der Waals surface area contributed by atoms with Gasteiger partial charge >= 0.3 is 0 Å². The Kier molecular flexibility index (Phi) is 6.17. The molecule has 154 valence electrons. The minimum absolute atomic E-state index is 0.0404. The molecule has 0 saturated heterocycles. The first-order valence-electron chi connectivity index (χ1n) is 9.61. The van der Waals surface area contributed by atoms with E-state index in [0.29, 0.717) is 11.7 Å². The quantitative estimate of drug-likeness (QED) is 0.560. The molecule has 1 atom stereocenters. The number of furan rings is 1. The fourth-order valence-electron chi connectivity index (χ4n) is 2.98. The molecule has 3 rings (SSSR count). The molecule has 29 heavy (non-hydrogen) atoms. The average Bonchev–Trinajstić information content (AvgIpc) is 3.31. The minimum atomic E-state index is -0.263. The summed E-state index contributed by atoms with van der Waals surface area (Å²) in [7, 11) is 3.52. The zero-order valence-electron chi connectivity index (χ0n) is 17.8. The van der Waals surface area contributed by atoms with E-state index in [1.807, 2.05) is 23.6 Å². The van der Waals surface area contributed by atoms with Crippen LogP contribution in [0.15, 0.2) is 52.2 Å². The third-order valence-corrected chi connectivity index (χ3v) is 5.76. The molecule has 2 aromatic heterocycles. The summed E-state index contributed by atoms with van der Waals surface area (Å²) in [6.45, 7) is 8.97. The highest BCUT2D eigenvalue weighted by Crippen LogP contribution is 2.30. The zero-order chi connectivity index (χ0) is 21.2. The Bertz CT molecular complexity index is 954. The SMILES string of the molecule is C[C@H](Sc1nnc(-c2ccc(C(C)(C)C)cc2)n1Cc1ccco1)C(=O)N(C)C. The molecule has 0 aliphatic carbocycles. The van der Waals surface area contributed by atoms with E-state index < -0.39 is 0 Å². The molecule has 1 aromatic carbocycles. The third-order valence-electron chi connectivity index (χ3n) is 4.69. The molecule has 0 N–H and O–H groups in total. The first-order valence-corrected chi connectivity index (χ1v) is 10.5. The van der Waals surface area contributed by atoms with Crippen molar-refractivity contribution in [3.05, 3.63) is 54.0 Å². The molecule has 0 bridgehead atoms. The maximum Gasteiger partial charge on any atom is 0.235 e. The second kappa shape index (κ2) is 8.45. The van der Waals surface area contributed by atoms with Gasteiger partial charge in [-0.1, -0.05) is 56.8 Å². The molecule has 0 saturated carbocycles. The number of nitrogens with zero attached hydrogens (tertiary/aromatic N) is 4. The summed E-state index contributed by atoms with van der Waals surface area (Å²) in [6, 6.07) is 12.2. The topological polar surface area (TPSA) is 64.2 Å². The average molecular weight is 413 g/mol.